The Bertz CT molecular complexity index is 134. The number of carbonyl (C=O) groups is 1. The van der Waals surface area contributed by atoms with Crippen molar-refractivity contribution in [3.05, 3.63) is 12.7 Å². The molecule has 0 rings (SSSR count). The molecule has 0 aromatic heterocycles. The van der Waals surface area contributed by atoms with Gasteiger partial charge in [0, 0.05) is 13.1 Å². The Hall–Kier alpha value is -0.830. The summed E-state index contributed by atoms with van der Waals surface area (Å²) in [4.78, 5) is 12.7. The highest BCUT2D eigenvalue weighted by Gasteiger charge is 2.07. The number of rotatable bonds is 5. The van der Waals surface area contributed by atoms with E-state index < -0.39 is 0 Å². The van der Waals surface area contributed by atoms with Crippen molar-refractivity contribution in [2.45, 2.75) is 13.3 Å². The molecule has 3 nitrogen and oxygen atoms in total. The standard InChI is InChI=1S/C8H16N2O/c1-3-5-10(6-4-2)8(11)7-9/h3H,1,4-7,9H2,2H3. The van der Waals surface area contributed by atoms with E-state index in [1.165, 1.54) is 0 Å². The van der Waals surface area contributed by atoms with Gasteiger partial charge in [-0.2, -0.15) is 0 Å². The Labute approximate surface area is 67.9 Å². The van der Waals surface area contributed by atoms with Gasteiger partial charge in [-0.15, -0.1) is 6.58 Å². The maximum atomic E-state index is 11.0. The lowest BCUT2D eigenvalue weighted by molar-refractivity contribution is -0.129. The van der Waals surface area contributed by atoms with Crippen LogP contribution in [-0.4, -0.2) is 30.4 Å². The molecule has 2 N–H and O–H groups in total. The van der Waals surface area contributed by atoms with E-state index in [1.54, 1.807) is 11.0 Å². The number of hydrogen-bond donors (Lipinski definition) is 1. The van der Waals surface area contributed by atoms with Crippen LogP contribution in [0.5, 0.6) is 0 Å². The van der Waals surface area contributed by atoms with Crippen LogP contribution in [0.25, 0.3) is 0 Å². The molecule has 0 saturated carbocycles. The predicted octanol–water partition coefficient (Wildman–Crippen LogP) is 0.370. The summed E-state index contributed by atoms with van der Waals surface area (Å²) < 4.78 is 0. The molecule has 64 valence electrons. The molecule has 11 heavy (non-hydrogen) atoms. The summed E-state index contributed by atoms with van der Waals surface area (Å²) in [7, 11) is 0. The van der Waals surface area contributed by atoms with Gasteiger partial charge in [0.1, 0.15) is 0 Å². The van der Waals surface area contributed by atoms with Gasteiger partial charge in [-0.3, -0.25) is 4.79 Å². The number of nitrogens with two attached hydrogens (primary N) is 1. The van der Waals surface area contributed by atoms with Crippen molar-refractivity contribution < 1.29 is 4.79 Å². The molecule has 0 aromatic carbocycles. The van der Waals surface area contributed by atoms with E-state index in [1.807, 2.05) is 6.92 Å². The van der Waals surface area contributed by atoms with Gasteiger partial charge in [0.2, 0.25) is 5.91 Å². The summed E-state index contributed by atoms with van der Waals surface area (Å²) in [5, 5.41) is 0. The van der Waals surface area contributed by atoms with Crippen LogP contribution in [0.3, 0.4) is 0 Å². The Kier molecular flexibility index (Phi) is 5.47. The van der Waals surface area contributed by atoms with Crippen LogP contribution in [0, 0.1) is 0 Å². The molecular formula is C8H16N2O. The topological polar surface area (TPSA) is 46.3 Å². The molecular weight excluding hydrogens is 140 g/mol. The summed E-state index contributed by atoms with van der Waals surface area (Å²) in [6.45, 7) is 7.05. The van der Waals surface area contributed by atoms with Gasteiger partial charge in [0.05, 0.1) is 6.54 Å². The van der Waals surface area contributed by atoms with Crippen LogP contribution in [0.4, 0.5) is 0 Å². The SMILES string of the molecule is C=CCN(CCC)C(=O)CN. The second-order valence-electron chi connectivity index (χ2n) is 2.33. The van der Waals surface area contributed by atoms with Crippen LogP contribution in [0.1, 0.15) is 13.3 Å². The molecule has 0 aliphatic heterocycles. The Morgan fingerprint density at radius 1 is 1.73 bits per heavy atom. The van der Waals surface area contributed by atoms with Crippen molar-refractivity contribution >= 4 is 5.91 Å². The molecule has 0 bridgehead atoms. The average molecular weight is 156 g/mol. The van der Waals surface area contributed by atoms with Crippen LogP contribution < -0.4 is 5.73 Å². The van der Waals surface area contributed by atoms with E-state index in [9.17, 15) is 4.79 Å². The number of hydrogen-bond acceptors (Lipinski definition) is 2. The zero-order chi connectivity index (χ0) is 8.69. The van der Waals surface area contributed by atoms with Crippen molar-refractivity contribution in [2.75, 3.05) is 19.6 Å². The van der Waals surface area contributed by atoms with Crippen molar-refractivity contribution in [1.82, 2.24) is 4.90 Å². The lowest BCUT2D eigenvalue weighted by Gasteiger charge is -2.18. The smallest absolute Gasteiger partial charge is 0.236 e. The average Bonchev–Trinajstić information content (AvgIpc) is 2.03. The first-order chi connectivity index (χ1) is 5.26. The summed E-state index contributed by atoms with van der Waals surface area (Å²) in [6.07, 6.45) is 2.67. The molecule has 0 aliphatic carbocycles. The summed E-state index contributed by atoms with van der Waals surface area (Å²) in [6, 6.07) is 0. The molecule has 0 heterocycles. The molecule has 0 radical (unpaired) electrons. The largest absolute Gasteiger partial charge is 0.338 e. The van der Waals surface area contributed by atoms with Crippen molar-refractivity contribution in [2.24, 2.45) is 5.73 Å². The second kappa shape index (κ2) is 5.92. The molecule has 0 aromatic rings. The minimum atomic E-state index is -0.00764. The zero-order valence-electron chi connectivity index (χ0n) is 7.05. The van der Waals surface area contributed by atoms with E-state index in [2.05, 4.69) is 6.58 Å². The van der Waals surface area contributed by atoms with Gasteiger partial charge in [-0.25, -0.2) is 0 Å². The lowest BCUT2D eigenvalue weighted by Crippen LogP contribution is -2.36. The summed E-state index contributed by atoms with van der Waals surface area (Å²) in [5.74, 6) is -0.00764. The van der Waals surface area contributed by atoms with Gasteiger partial charge in [-0.1, -0.05) is 13.0 Å². The van der Waals surface area contributed by atoms with E-state index in [-0.39, 0.29) is 12.5 Å². The fourth-order valence-corrected chi connectivity index (χ4v) is 0.873. The lowest BCUT2D eigenvalue weighted by atomic mass is 10.4. The highest BCUT2D eigenvalue weighted by atomic mass is 16.2. The first kappa shape index (κ1) is 10.2. The molecule has 0 fully saturated rings. The molecule has 0 spiro atoms. The molecule has 1 amide bonds. The number of nitrogens with zero attached hydrogens (tertiary/aromatic N) is 1. The molecule has 0 unspecified atom stereocenters. The minimum Gasteiger partial charge on any atom is -0.338 e. The highest BCUT2D eigenvalue weighted by molar-refractivity contribution is 5.78. The second-order valence-corrected chi connectivity index (χ2v) is 2.33. The Morgan fingerprint density at radius 2 is 2.36 bits per heavy atom. The summed E-state index contributed by atoms with van der Waals surface area (Å²) >= 11 is 0. The molecule has 3 heteroatoms. The maximum absolute atomic E-state index is 11.0. The van der Waals surface area contributed by atoms with Crippen LogP contribution in [0.2, 0.25) is 0 Å². The third-order valence-corrected chi connectivity index (χ3v) is 1.37. The van der Waals surface area contributed by atoms with Gasteiger partial charge >= 0.3 is 0 Å². The number of amides is 1. The Balaban J connectivity index is 3.86. The fourth-order valence-electron chi connectivity index (χ4n) is 0.873. The van der Waals surface area contributed by atoms with Gasteiger partial charge < -0.3 is 10.6 Å². The van der Waals surface area contributed by atoms with Crippen LogP contribution in [-0.2, 0) is 4.79 Å². The Morgan fingerprint density at radius 3 is 2.73 bits per heavy atom. The van der Waals surface area contributed by atoms with E-state index in [4.69, 9.17) is 5.73 Å². The van der Waals surface area contributed by atoms with Crippen LogP contribution >= 0.6 is 0 Å². The fraction of sp³-hybridized carbons (Fsp3) is 0.625. The van der Waals surface area contributed by atoms with Gasteiger partial charge in [0.15, 0.2) is 0 Å². The third-order valence-electron chi connectivity index (χ3n) is 1.37. The van der Waals surface area contributed by atoms with Gasteiger partial charge in [-0.05, 0) is 6.42 Å². The first-order valence-electron chi connectivity index (χ1n) is 3.85. The monoisotopic (exact) mass is 156 g/mol. The first-order valence-corrected chi connectivity index (χ1v) is 3.85. The maximum Gasteiger partial charge on any atom is 0.236 e. The third kappa shape index (κ3) is 3.78. The van der Waals surface area contributed by atoms with Crippen LogP contribution in [0.15, 0.2) is 12.7 Å². The molecule has 0 atom stereocenters. The van der Waals surface area contributed by atoms with E-state index >= 15 is 0 Å². The van der Waals surface area contributed by atoms with Crippen molar-refractivity contribution in [3.63, 3.8) is 0 Å². The van der Waals surface area contributed by atoms with E-state index in [0.29, 0.717) is 6.54 Å². The number of carbonyl (C=O) groups excluding carboxylic acids is 1. The molecule has 0 saturated heterocycles. The molecule has 0 aliphatic rings. The summed E-state index contributed by atoms with van der Waals surface area (Å²) in [5.41, 5.74) is 5.21. The minimum absolute atomic E-state index is 0.00764. The highest BCUT2D eigenvalue weighted by Crippen LogP contribution is 1.91. The van der Waals surface area contributed by atoms with Gasteiger partial charge in [0.25, 0.3) is 0 Å². The normalized spacial score (nSPS) is 9.27. The predicted molar refractivity (Wildman–Crippen MR) is 46.1 cm³/mol. The van der Waals surface area contributed by atoms with Crippen molar-refractivity contribution in [1.29, 1.82) is 0 Å². The zero-order valence-corrected chi connectivity index (χ0v) is 7.05. The van der Waals surface area contributed by atoms with E-state index in [0.717, 1.165) is 13.0 Å². The quantitative estimate of drug-likeness (QED) is 0.584. The van der Waals surface area contributed by atoms with Crippen molar-refractivity contribution in [3.8, 4) is 0 Å².